The molecule has 0 aliphatic carbocycles. The summed E-state index contributed by atoms with van der Waals surface area (Å²) < 4.78 is 26.0. The van der Waals surface area contributed by atoms with Crippen molar-refractivity contribution in [2.45, 2.75) is 11.8 Å². The Balaban J connectivity index is 2.07. The Morgan fingerprint density at radius 1 is 1.42 bits per heavy atom. The van der Waals surface area contributed by atoms with Crippen LogP contribution in [0.5, 0.6) is 0 Å². The molecule has 0 saturated heterocycles. The summed E-state index contributed by atoms with van der Waals surface area (Å²) in [5.41, 5.74) is 0.298. The number of aliphatic hydroxyl groups is 1. The minimum absolute atomic E-state index is 0.0421. The fraction of sp³-hybridized carbons (Fsp3) is 0.143. The van der Waals surface area contributed by atoms with Crippen LogP contribution in [0.1, 0.15) is 10.6 Å². The number of nitrogens with zero attached hydrogens (tertiary/aromatic N) is 2. The Hall–Kier alpha value is -2.10. The molecular formula is C14H12ClN3O4S2. The predicted octanol–water partition coefficient (Wildman–Crippen LogP) is 2.60. The molecule has 2 aromatic heterocycles. The molecule has 1 aliphatic rings. The van der Waals surface area contributed by atoms with Crippen molar-refractivity contribution < 1.29 is 18.3 Å². The van der Waals surface area contributed by atoms with Gasteiger partial charge in [0.25, 0.3) is 15.9 Å². The van der Waals surface area contributed by atoms with Crippen LogP contribution in [0.2, 0.25) is 4.34 Å². The van der Waals surface area contributed by atoms with Crippen LogP contribution in [-0.4, -0.2) is 35.8 Å². The molecule has 7 nitrogen and oxygen atoms in total. The van der Waals surface area contributed by atoms with Crippen molar-refractivity contribution in [1.82, 2.24) is 9.29 Å². The minimum Gasteiger partial charge on any atom is -0.504 e. The Bertz CT molecular complexity index is 982. The number of fused-ring (bicyclic) bond motifs is 1. The Morgan fingerprint density at radius 2 is 2.12 bits per heavy atom. The third-order valence-electron chi connectivity index (χ3n) is 3.41. The second-order valence-electron chi connectivity index (χ2n) is 5.03. The van der Waals surface area contributed by atoms with Crippen molar-refractivity contribution in [3.05, 3.63) is 44.9 Å². The molecule has 0 atom stereocenters. The van der Waals surface area contributed by atoms with Gasteiger partial charge in [-0.25, -0.2) is 13.4 Å². The smallest absolute Gasteiger partial charge is 0.278 e. The molecule has 2 N–H and O–H groups in total. The van der Waals surface area contributed by atoms with Gasteiger partial charge >= 0.3 is 0 Å². The van der Waals surface area contributed by atoms with Crippen LogP contribution < -0.4 is 5.32 Å². The van der Waals surface area contributed by atoms with Crippen molar-refractivity contribution in [3.8, 4) is 0 Å². The number of carbonyl (C=O) groups is 1. The van der Waals surface area contributed by atoms with E-state index >= 15 is 0 Å². The molecule has 0 unspecified atom stereocenters. The first-order valence-corrected chi connectivity index (χ1v) is 9.32. The van der Waals surface area contributed by atoms with Gasteiger partial charge < -0.3 is 10.4 Å². The number of thiophene rings is 1. The van der Waals surface area contributed by atoms with Gasteiger partial charge in [0.1, 0.15) is 10.7 Å². The molecule has 2 aromatic rings. The maximum absolute atomic E-state index is 12.5. The molecule has 0 saturated carbocycles. The first-order chi connectivity index (χ1) is 11.2. The van der Waals surface area contributed by atoms with Crippen molar-refractivity contribution in [3.63, 3.8) is 0 Å². The van der Waals surface area contributed by atoms with Gasteiger partial charge in [0, 0.05) is 12.7 Å². The van der Waals surface area contributed by atoms with Crippen LogP contribution in [-0.2, 0) is 14.8 Å². The summed E-state index contributed by atoms with van der Waals surface area (Å²) in [6, 6.07) is 6.27. The first-order valence-electron chi connectivity index (χ1n) is 6.68. The molecule has 24 heavy (non-hydrogen) atoms. The largest absolute Gasteiger partial charge is 0.504 e. The number of hydrogen-bond acceptors (Lipinski definition) is 6. The fourth-order valence-electron chi connectivity index (χ4n) is 2.27. The minimum atomic E-state index is -3.97. The molecule has 3 rings (SSSR count). The van der Waals surface area contributed by atoms with Crippen LogP contribution >= 0.6 is 22.9 Å². The lowest BCUT2D eigenvalue weighted by molar-refractivity contribution is -0.113. The summed E-state index contributed by atoms with van der Waals surface area (Å²) >= 11 is 6.75. The first kappa shape index (κ1) is 16.7. The van der Waals surface area contributed by atoms with E-state index < -0.39 is 21.7 Å². The lowest BCUT2D eigenvalue weighted by atomic mass is 10.2. The molecule has 1 aliphatic heterocycles. The zero-order valence-corrected chi connectivity index (χ0v) is 15.0. The molecule has 0 spiro atoms. The third-order valence-corrected chi connectivity index (χ3v) is 6.59. The Kier molecular flexibility index (Phi) is 4.02. The second kappa shape index (κ2) is 5.76. The number of aryl methyl sites for hydroxylation is 1. The highest BCUT2D eigenvalue weighted by atomic mass is 35.5. The molecular weight excluding hydrogens is 374 g/mol. The van der Waals surface area contributed by atoms with E-state index in [1.807, 2.05) is 0 Å². The van der Waals surface area contributed by atoms with E-state index in [0.29, 0.717) is 5.69 Å². The van der Waals surface area contributed by atoms with Gasteiger partial charge in [-0.2, -0.15) is 0 Å². The summed E-state index contributed by atoms with van der Waals surface area (Å²) in [5, 5.41) is 12.9. The normalized spacial score (nSPS) is 16.0. The third kappa shape index (κ3) is 2.64. The van der Waals surface area contributed by atoms with E-state index in [9.17, 15) is 18.3 Å². The van der Waals surface area contributed by atoms with Gasteiger partial charge in [0.2, 0.25) is 0 Å². The van der Waals surface area contributed by atoms with Crippen LogP contribution in [0.4, 0.5) is 5.82 Å². The number of aliphatic hydroxyl groups excluding tert-OH is 1. The van der Waals surface area contributed by atoms with E-state index in [2.05, 4.69) is 10.3 Å². The summed E-state index contributed by atoms with van der Waals surface area (Å²) in [6.07, 6.45) is 0. The highest BCUT2D eigenvalue weighted by Crippen LogP contribution is 2.41. The van der Waals surface area contributed by atoms with Gasteiger partial charge in [0.05, 0.1) is 9.21 Å². The second-order valence-corrected chi connectivity index (χ2v) is 8.65. The maximum Gasteiger partial charge on any atom is 0.278 e. The molecule has 1 amide bonds. The van der Waals surface area contributed by atoms with Crippen molar-refractivity contribution in [2.24, 2.45) is 0 Å². The SMILES string of the molecule is Cc1cccc(NC(=O)C2=C(O)c3sc(Cl)cc3S(=O)(=O)N2C)n1. The quantitative estimate of drug-likeness (QED) is 0.827. The average Bonchev–Trinajstić information content (AvgIpc) is 2.89. The van der Waals surface area contributed by atoms with E-state index in [0.717, 1.165) is 15.6 Å². The van der Waals surface area contributed by atoms with E-state index in [4.69, 9.17) is 11.6 Å². The standard InChI is InChI=1S/C14H12ClN3O4S2/c1-7-4-3-5-10(16-7)17-14(20)11-12(19)13-8(6-9(15)23-13)24(21,22)18(11)2/h3-6,19H,1-2H3,(H,16,17,20). The highest BCUT2D eigenvalue weighted by Gasteiger charge is 2.39. The van der Waals surface area contributed by atoms with Gasteiger partial charge in [0.15, 0.2) is 11.5 Å². The van der Waals surface area contributed by atoms with Gasteiger partial charge in [-0.3, -0.25) is 9.10 Å². The summed E-state index contributed by atoms with van der Waals surface area (Å²) in [7, 11) is -2.77. The maximum atomic E-state index is 12.5. The lowest BCUT2D eigenvalue weighted by Gasteiger charge is -2.26. The van der Waals surface area contributed by atoms with Crippen molar-refractivity contribution in [2.75, 3.05) is 12.4 Å². The van der Waals surface area contributed by atoms with Crippen LogP contribution in [0.3, 0.4) is 0 Å². The molecule has 0 aromatic carbocycles. The monoisotopic (exact) mass is 385 g/mol. The number of aromatic nitrogens is 1. The van der Waals surface area contributed by atoms with Gasteiger partial charge in [-0.15, -0.1) is 11.3 Å². The number of likely N-dealkylation sites (N-methyl/N-ethyl adjacent to an activating group) is 1. The van der Waals surface area contributed by atoms with E-state index in [-0.39, 0.29) is 25.6 Å². The van der Waals surface area contributed by atoms with E-state index in [1.54, 1.807) is 25.1 Å². The summed E-state index contributed by atoms with van der Waals surface area (Å²) in [6.45, 7) is 1.75. The number of carbonyl (C=O) groups excluding carboxylic acids is 1. The van der Waals surface area contributed by atoms with Crippen molar-refractivity contribution in [1.29, 1.82) is 0 Å². The van der Waals surface area contributed by atoms with Gasteiger partial charge in [-0.05, 0) is 25.1 Å². The summed E-state index contributed by atoms with van der Waals surface area (Å²) in [4.78, 5) is 16.5. The molecule has 0 fully saturated rings. The number of rotatable bonds is 2. The molecule has 10 heteroatoms. The average molecular weight is 386 g/mol. The summed E-state index contributed by atoms with van der Waals surface area (Å²) in [5.74, 6) is -0.975. The van der Waals surface area contributed by atoms with Crippen LogP contribution in [0.15, 0.2) is 34.9 Å². The van der Waals surface area contributed by atoms with Gasteiger partial charge in [-0.1, -0.05) is 17.7 Å². The number of nitrogens with one attached hydrogen (secondary N) is 1. The number of hydrogen-bond donors (Lipinski definition) is 2. The molecule has 126 valence electrons. The fourth-order valence-corrected chi connectivity index (χ4v) is 5.21. The van der Waals surface area contributed by atoms with Crippen molar-refractivity contribution >= 4 is 50.4 Å². The number of amides is 1. The zero-order valence-electron chi connectivity index (χ0n) is 12.6. The predicted molar refractivity (Wildman–Crippen MR) is 91.4 cm³/mol. The number of halogens is 1. The molecule has 0 bridgehead atoms. The Labute approximate surface area is 147 Å². The number of sulfonamides is 1. The number of anilines is 1. The highest BCUT2D eigenvalue weighted by molar-refractivity contribution is 7.89. The zero-order chi connectivity index (χ0) is 17.6. The van der Waals surface area contributed by atoms with Crippen LogP contribution in [0, 0.1) is 6.92 Å². The Morgan fingerprint density at radius 3 is 2.79 bits per heavy atom. The topological polar surface area (TPSA) is 99.6 Å². The van der Waals surface area contributed by atoms with E-state index in [1.165, 1.54) is 13.1 Å². The molecule has 3 heterocycles. The number of pyridine rings is 1. The lowest BCUT2D eigenvalue weighted by Crippen LogP contribution is -2.36. The van der Waals surface area contributed by atoms with Crippen LogP contribution in [0.25, 0.3) is 5.76 Å². The molecule has 0 radical (unpaired) electrons.